The Labute approximate surface area is 129 Å². The number of nitrogens with zero attached hydrogens (tertiary/aromatic N) is 1. The number of esters is 1. The Balaban J connectivity index is 2.70. The molecule has 1 rings (SSSR count). The molecule has 0 radical (unpaired) electrons. The van der Waals surface area contributed by atoms with Crippen LogP contribution in [0.25, 0.3) is 0 Å². The quantitative estimate of drug-likeness (QED) is 0.280. The van der Waals surface area contributed by atoms with Gasteiger partial charge in [0.1, 0.15) is 6.04 Å². The summed E-state index contributed by atoms with van der Waals surface area (Å²) < 4.78 is 15.0. The summed E-state index contributed by atoms with van der Waals surface area (Å²) in [6, 6.07) is -0.668. The smallest absolute Gasteiger partial charge is 0.328 e. The van der Waals surface area contributed by atoms with Gasteiger partial charge < -0.3 is 19.1 Å². The van der Waals surface area contributed by atoms with E-state index in [2.05, 4.69) is 6.58 Å². The van der Waals surface area contributed by atoms with Crippen LogP contribution in [0.4, 0.5) is 0 Å². The summed E-state index contributed by atoms with van der Waals surface area (Å²) >= 11 is 0. The highest BCUT2D eigenvalue weighted by Gasteiger charge is 2.40. The Hall–Kier alpha value is -2.11. The Bertz CT molecular complexity index is 469. The minimum atomic E-state index is -0.668. The van der Waals surface area contributed by atoms with Gasteiger partial charge in [0.2, 0.25) is 5.91 Å². The van der Waals surface area contributed by atoms with Gasteiger partial charge in [-0.25, -0.2) is 9.59 Å². The predicted molar refractivity (Wildman–Crippen MR) is 77.5 cm³/mol. The SMILES string of the molecule is C=CCOC1C[C@@H](C(=O)OC)N(C(=O)CCC(=C=O)OC)C1. The molecule has 0 saturated carbocycles. The molecule has 0 aromatic heterocycles. The predicted octanol–water partition coefficient (Wildman–Crippen LogP) is 0.474. The van der Waals surface area contributed by atoms with Gasteiger partial charge in [0.05, 0.1) is 26.9 Å². The van der Waals surface area contributed by atoms with E-state index in [1.165, 1.54) is 19.1 Å². The molecule has 1 aliphatic rings. The van der Waals surface area contributed by atoms with Gasteiger partial charge in [0.25, 0.3) is 0 Å². The van der Waals surface area contributed by atoms with E-state index in [1.807, 2.05) is 0 Å². The molecule has 0 aromatic carbocycles. The molecule has 1 amide bonds. The van der Waals surface area contributed by atoms with Crippen LogP contribution in [0.15, 0.2) is 18.4 Å². The van der Waals surface area contributed by atoms with E-state index in [4.69, 9.17) is 14.2 Å². The summed E-state index contributed by atoms with van der Waals surface area (Å²) in [6.07, 6.45) is 1.95. The molecule has 2 atom stereocenters. The van der Waals surface area contributed by atoms with Gasteiger partial charge in [0, 0.05) is 25.8 Å². The summed E-state index contributed by atoms with van der Waals surface area (Å²) in [5.41, 5.74) is 0. The van der Waals surface area contributed by atoms with E-state index < -0.39 is 12.0 Å². The molecule has 7 heteroatoms. The van der Waals surface area contributed by atoms with Crippen LogP contribution < -0.4 is 0 Å². The van der Waals surface area contributed by atoms with Gasteiger partial charge in [0.15, 0.2) is 11.7 Å². The zero-order valence-corrected chi connectivity index (χ0v) is 12.9. The van der Waals surface area contributed by atoms with Crippen LogP contribution in [0.5, 0.6) is 0 Å². The maximum atomic E-state index is 12.3. The van der Waals surface area contributed by atoms with Crippen LogP contribution >= 0.6 is 0 Å². The number of methoxy groups -OCH3 is 2. The third-order valence-electron chi connectivity index (χ3n) is 3.43. The largest absolute Gasteiger partial charge is 0.490 e. The standard InChI is InChI=1S/C15H21NO6/c1-4-7-22-12-8-13(15(19)21-3)16(9-12)14(18)6-5-11(10-17)20-2/h4,12-13H,1,5-9H2,2-3H3/t12?,13-/m0/s1. The number of rotatable bonds is 8. The summed E-state index contributed by atoms with van der Waals surface area (Å²) in [7, 11) is 2.62. The molecular weight excluding hydrogens is 290 g/mol. The Kier molecular flexibility index (Phi) is 7.36. The Morgan fingerprint density at radius 1 is 1.32 bits per heavy atom. The second-order valence-electron chi connectivity index (χ2n) is 4.79. The lowest BCUT2D eigenvalue weighted by molar-refractivity contribution is -0.151. The molecule has 1 saturated heterocycles. The van der Waals surface area contributed by atoms with Crippen molar-refractivity contribution in [2.24, 2.45) is 0 Å². The van der Waals surface area contributed by atoms with Crippen molar-refractivity contribution in [1.29, 1.82) is 0 Å². The lowest BCUT2D eigenvalue weighted by Crippen LogP contribution is -2.41. The second-order valence-corrected chi connectivity index (χ2v) is 4.79. The molecule has 0 N–H and O–H groups in total. The minimum absolute atomic E-state index is 0.0556. The van der Waals surface area contributed by atoms with Gasteiger partial charge in [-0.05, 0) is 0 Å². The van der Waals surface area contributed by atoms with Crippen molar-refractivity contribution in [3.8, 4) is 0 Å². The molecule has 1 fully saturated rings. The molecule has 0 aliphatic carbocycles. The van der Waals surface area contributed by atoms with Crippen LogP contribution in [-0.4, -0.2) is 62.2 Å². The normalized spacial score (nSPS) is 20.2. The van der Waals surface area contributed by atoms with Crippen molar-refractivity contribution in [2.75, 3.05) is 27.4 Å². The Morgan fingerprint density at radius 2 is 2.05 bits per heavy atom. The summed E-state index contributed by atoms with van der Waals surface area (Å²) in [5, 5.41) is 0. The van der Waals surface area contributed by atoms with Gasteiger partial charge in [-0.1, -0.05) is 6.08 Å². The third kappa shape index (κ3) is 4.72. The van der Waals surface area contributed by atoms with Crippen molar-refractivity contribution >= 4 is 17.8 Å². The van der Waals surface area contributed by atoms with E-state index in [0.29, 0.717) is 19.6 Å². The van der Waals surface area contributed by atoms with Crippen LogP contribution in [0.2, 0.25) is 0 Å². The highest BCUT2D eigenvalue weighted by Crippen LogP contribution is 2.23. The Morgan fingerprint density at radius 3 is 2.59 bits per heavy atom. The molecule has 1 unspecified atom stereocenters. The first-order valence-corrected chi connectivity index (χ1v) is 6.95. The van der Waals surface area contributed by atoms with E-state index in [9.17, 15) is 14.4 Å². The average Bonchev–Trinajstić information content (AvgIpc) is 2.97. The number of hydrogen-bond acceptors (Lipinski definition) is 6. The van der Waals surface area contributed by atoms with Crippen molar-refractivity contribution in [1.82, 2.24) is 4.90 Å². The van der Waals surface area contributed by atoms with Crippen molar-refractivity contribution in [3.05, 3.63) is 18.4 Å². The number of hydrogen-bond donors (Lipinski definition) is 0. The molecule has 122 valence electrons. The third-order valence-corrected chi connectivity index (χ3v) is 3.43. The number of allylic oxidation sites excluding steroid dienone is 1. The number of likely N-dealkylation sites (tertiary alicyclic amines) is 1. The molecule has 1 aliphatic heterocycles. The molecule has 7 nitrogen and oxygen atoms in total. The summed E-state index contributed by atoms with van der Waals surface area (Å²) in [6.45, 7) is 4.22. The van der Waals surface area contributed by atoms with E-state index in [1.54, 1.807) is 12.0 Å². The van der Waals surface area contributed by atoms with Gasteiger partial charge in [-0.15, -0.1) is 6.58 Å². The first kappa shape index (κ1) is 17.9. The van der Waals surface area contributed by atoms with Crippen LogP contribution in [0.1, 0.15) is 19.3 Å². The zero-order chi connectivity index (χ0) is 16.5. The minimum Gasteiger partial charge on any atom is -0.490 e. The highest BCUT2D eigenvalue weighted by atomic mass is 16.5. The van der Waals surface area contributed by atoms with Crippen LogP contribution in [0, 0.1) is 0 Å². The zero-order valence-electron chi connectivity index (χ0n) is 12.9. The van der Waals surface area contributed by atoms with E-state index in [-0.39, 0.29) is 30.6 Å². The summed E-state index contributed by atoms with van der Waals surface area (Å²) in [4.78, 5) is 36.1. The number of amides is 1. The fraction of sp³-hybridized carbons (Fsp3) is 0.600. The van der Waals surface area contributed by atoms with Crippen molar-refractivity contribution in [3.63, 3.8) is 0 Å². The molecule has 0 bridgehead atoms. The van der Waals surface area contributed by atoms with E-state index >= 15 is 0 Å². The van der Waals surface area contributed by atoms with E-state index in [0.717, 1.165) is 0 Å². The maximum absolute atomic E-state index is 12.3. The first-order chi connectivity index (χ1) is 10.6. The van der Waals surface area contributed by atoms with Gasteiger partial charge in [-0.2, -0.15) is 0 Å². The lowest BCUT2D eigenvalue weighted by atomic mass is 10.2. The number of carbonyl (C=O) groups excluding carboxylic acids is 3. The average molecular weight is 311 g/mol. The monoisotopic (exact) mass is 311 g/mol. The highest BCUT2D eigenvalue weighted by molar-refractivity contribution is 5.85. The topological polar surface area (TPSA) is 82.1 Å². The van der Waals surface area contributed by atoms with Crippen molar-refractivity contribution < 1.29 is 28.6 Å². The molecule has 0 spiro atoms. The maximum Gasteiger partial charge on any atom is 0.328 e. The molecular formula is C15H21NO6. The van der Waals surface area contributed by atoms with Gasteiger partial charge in [-0.3, -0.25) is 4.79 Å². The molecule has 0 aromatic rings. The first-order valence-electron chi connectivity index (χ1n) is 6.95. The number of ether oxygens (including phenoxy) is 3. The van der Waals surface area contributed by atoms with Crippen LogP contribution in [-0.2, 0) is 28.6 Å². The molecule has 1 heterocycles. The van der Waals surface area contributed by atoms with Gasteiger partial charge >= 0.3 is 5.97 Å². The number of carbonyl (C=O) groups is 2. The lowest BCUT2D eigenvalue weighted by Gasteiger charge is -2.22. The molecule has 22 heavy (non-hydrogen) atoms. The fourth-order valence-corrected chi connectivity index (χ4v) is 2.32. The van der Waals surface area contributed by atoms with Crippen molar-refractivity contribution in [2.45, 2.75) is 31.4 Å². The fourth-order valence-electron chi connectivity index (χ4n) is 2.32. The second kappa shape index (κ2) is 9.02. The van der Waals surface area contributed by atoms with Crippen LogP contribution in [0.3, 0.4) is 0 Å². The summed E-state index contributed by atoms with van der Waals surface area (Å²) in [5.74, 6) is 0.961.